The number of rotatable bonds is 10. The third kappa shape index (κ3) is 5.83. The van der Waals surface area contributed by atoms with Crippen molar-refractivity contribution in [1.29, 1.82) is 0 Å². The highest BCUT2D eigenvalue weighted by atomic mass is 31.2. The second-order valence-corrected chi connectivity index (χ2v) is 6.22. The van der Waals surface area contributed by atoms with Crippen LogP contribution in [0.5, 0.6) is 0 Å². The molecule has 0 fully saturated rings. The maximum Gasteiger partial charge on any atom is 0.399 e. The van der Waals surface area contributed by atoms with Gasteiger partial charge in [-0.2, -0.15) is 8.78 Å². The fourth-order valence-corrected chi connectivity index (χ4v) is 3.05. The molecule has 0 aromatic carbocycles. The third-order valence-electron chi connectivity index (χ3n) is 2.31. The molecule has 6 nitrogen and oxygen atoms in total. The zero-order valence-electron chi connectivity index (χ0n) is 11.8. The summed E-state index contributed by atoms with van der Waals surface area (Å²) in [6.45, 7) is 2.55. The Morgan fingerprint density at radius 2 is 1.80 bits per heavy atom. The lowest BCUT2D eigenvalue weighted by Crippen LogP contribution is -2.28. The quantitative estimate of drug-likeness (QED) is 0.492. The number of aliphatic hydroxyl groups excluding tert-OH is 1. The molecule has 0 bridgehead atoms. The SMILES string of the molecule is CCOP(=O)(OCC)C(F)(F)C[C@H](CO)COC(C)=O. The third-order valence-corrected chi connectivity index (χ3v) is 4.49. The molecule has 0 rings (SSSR count). The Kier molecular flexibility index (Phi) is 8.42. The van der Waals surface area contributed by atoms with Crippen molar-refractivity contribution >= 4 is 13.6 Å². The molecule has 9 heteroatoms. The summed E-state index contributed by atoms with van der Waals surface area (Å²) in [6, 6.07) is 0. The van der Waals surface area contributed by atoms with Gasteiger partial charge in [0.05, 0.1) is 19.8 Å². The zero-order chi connectivity index (χ0) is 15.8. The van der Waals surface area contributed by atoms with E-state index in [2.05, 4.69) is 13.8 Å². The second-order valence-electron chi connectivity index (χ2n) is 4.05. The number of aliphatic hydroxyl groups is 1. The van der Waals surface area contributed by atoms with E-state index in [1.165, 1.54) is 13.8 Å². The second kappa shape index (κ2) is 8.67. The van der Waals surface area contributed by atoms with Crippen LogP contribution in [-0.2, 0) is 23.1 Å². The summed E-state index contributed by atoms with van der Waals surface area (Å²) < 4.78 is 53.9. The Bertz CT molecular complexity index is 340. The molecule has 0 aliphatic carbocycles. The van der Waals surface area contributed by atoms with E-state index in [1.54, 1.807) is 0 Å². The average molecular weight is 318 g/mol. The molecule has 0 aliphatic heterocycles. The standard InChI is InChI=1S/C11H21F2O6P/c1-4-18-20(16,19-5-2)11(12,13)6-10(7-14)8-17-9(3)15/h10,14H,4-8H2,1-3H3/t10-/m1/s1. The van der Waals surface area contributed by atoms with Crippen LogP contribution in [0.3, 0.4) is 0 Å². The number of halogens is 2. The van der Waals surface area contributed by atoms with E-state index in [4.69, 9.17) is 5.11 Å². The van der Waals surface area contributed by atoms with Crippen molar-refractivity contribution in [3.63, 3.8) is 0 Å². The predicted octanol–water partition coefficient (Wildman–Crippen LogP) is 2.41. The number of hydrogen-bond acceptors (Lipinski definition) is 6. The number of carbonyl (C=O) groups excluding carboxylic acids is 1. The van der Waals surface area contributed by atoms with E-state index in [-0.39, 0.29) is 19.8 Å². The number of carbonyl (C=O) groups is 1. The van der Waals surface area contributed by atoms with Crippen molar-refractivity contribution in [3.8, 4) is 0 Å². The van der Waals surface area contributed by atoms with Gasteiger partial charge < -0.3 is 18.9 Å². The van der Waals surface area contributed by atoms with Gasteiger partial charge in [-0.1, -0.05) is 0 Å². The molecule has 1 N–H and O–H groups in total. The van der Waals surface area contributed by atoms with Crippen molar-refractivity contribution < 1.29 is 37.0 Å². The average Bonchev–Trinajstić information content (AvgIpc) is 2.34. The Balaban J connectivity index is 4.88. The first-order valence-corrected chi connectivity index (χ1v) is 7.77. The van der Waals surface area contributed by atoms with Crippen molar-refractivity contribution in [2.75, 3.05) is 26.4 Å². The van der Waals surface area contributed by atoms with Gasteiger partial charge in [0.15, 0.2) is 0 Å². The Morgan fingerprint density at radius 1 is 1.30 bits per heavy atom. The molecule has 1 atom stereocenters. The summed E-state index contributed by atoms with van der Waals surface area (Å²) in [5.41, 5.74) is -3.77. The number of esters is 1. The Labute approximate surface area is 116 Å². The molecule has 0 amide bonds. The van der Waals surface area contributed by atoms with Gasteiger partial charge >= 0.3 is 19.2 Å². The van der Waals surface area contributed by atoms with Gasteiger partial charge in [0.2, 0.25) is 0 Å². The molecule has 0 aliphatic rings. The largest absolute Gasteiger partial charge is 0.465 e. The van der Waals surface area contributed by atoms with Crippen molar-refractivity contribution in [2.24, 2.45) is 5.92 Å². The molecule has 0 aromatic rings. The van der Waals surface area contributed by atoms with Crippen LogP contribution >= 0.6 is 7.60 Å². The molecule has 0 unspecified atom stereocenters. The molecular weight excluding hydrogens is 297 g/mol. The molecule has 120 valence electrons. The number of alkyl halides is 2. The first-order chi connectivity index (χ1) is 9.22. The van der Waals surface area contributed by atoms with E-state index in [0.29, 0.717) is 0 Å². The zero-order valence-corrected chi connectivity index (χ0v) is 12.7. The van der Waals surface area contributed by atoms with Crippen molar-refractivity contribution in [3.05, 3.63) is 0 Å². The Morgan fingerprint density at radius 3 is 2.15 bits per heavy atom. The van der Waals surface area contributed by atoms with Crippen molar-refractivity contribution in [2.45, 2.75) is 32.9 Å². The fourth-order valence-electron chi connectivity index (χ4n) is 1.44. The summed E-state index contributed by atoms with van der Waals surface area (Å²) in [5, 5.41) is 9.03. The van der Waals surface area contributed by atoms with Crippen LogP contribution in [0.2, 0.25) is 0 Å². The minimum atomic E-state index is -4.62. The lowest BCUT2D eigenvalue weighted by atomic mass is 10.1. The summed E-state index contributed by atoms with van der Waals surface area (Å²) in [7, 11) is -4.62. The Hall–Kier alpha value is -0.560. The molecule has 0 saturated heterocycles. The highest BCUT2D eigenvalue weighted by molar-refractivity contribution is 7.55. The molecule has 0 aromatic heterocycles. The normalized spacial score (nSPS) is 14.1. The number of hydrogen-bond donors (Lipinski definition) is 1. The van der Waals surface area contributed by atoms with Crippen LogP contribution in [0.1, 0.15) is 27.2 Å². The maximum absolute atomic E-state index is 14.0. The van der Waals surface area contributed by atoms with Gasteiger partial charge in [0.25, 0.3) is 0 Å². The van der Waals surface area contributed by atoms with Gasteiger partial charge in [-0.05, 0) is 13.8 Å². The van der Waals surface area contributed by atoms with Crippen LogP contribution in [0.15, 0.2) is 0 Å². The summed E-state index contributed by atoms with van der Waals surface area (Å²) >= 11 is 0. The van der Waals surface area contributed by atoms with Crippen LogP contribution in [0.25, 0.3) is 0 Å². The van der Waals surface area contributed by atoms with Gasteiger partial charge in [-0.3, -0.25) is 9.36 Å². The lowest BCUT2D eigenvalue weighted by Gasteiger charge is -2.28. The molecule has 20 heavy (non-hydrogen) atoms. The van der Waals surface area contributed by atoms with Gasteiger partial charge in [0, 0.05) is 25.9 Å². The highest BCUT2D eigenvalue weighted by Crippen LogP contribution is 2.63. The van der Waals surface area contributed by atoms with Gasteiger partial charge in [0.1, 0.15) is 0 Å². The lowest BCUT2D eigenvalue weighted by molar-refractivity contribution is -0.143. The maximum atomic E-state index is 14.0. The first-order valence-electron chi connectivity index (χ1n) is 6.23. The van der Waals surface area contributed by atoms with Gasteiger partial charge in [-0.25, -0.2) is 0 Å². The molecule has 0 heterocycles. The minimum absolute atomic E-state index is 0.194. The van der Waals surface area contributed by atoms with Gasteiger partial charge in [-0.15, -0.1) is 0 Å². The van der Waals surface area contributed by atoms with Crippen LogP contribution in [-0.4, -0.2) is 43.2 Å². The molecule has 0 spiro atoms. The minimum Gasteiger partial charge on any atom is -0.465 e. The van der Waals surface area contributed by atoms with E-state index < -0.39 is 38.2 Å². The first kappa shape index (κ1) is 19.4. The number of ether oxygens (including phenoxy) is 1. The fraction of sp³-hybridized carbons (Fsp3) is 0.909. The van der Waals surface area contributed by atoms with E-state index in [0.717, 1.165) is 6.92 Å². The van der Waals surface area contributed by atoms with Crippen molar-refractivity contribution in [1.82, 2.24) is 0 Å². The topological polar surface area (TPSA) is 82.1 Å². The van der Waals surface area contributed by atoms with Crippen LogP contribution < -0.4 is 0 Å². The molecule has 0 saturated carbocycles. The van der Waals surface area contributed by atoms with E-state index >= 15 is 0 Å². The van der Waals surface area contributed by atoms with E-state index in [1.807, 2.05) is 0 Å². The summed E-state index contributed by atoms with van der Waals surface area (Å²) in [6.07, 6.45) is -0.964. The summed E-state index contributed by atoms with van der Waals surface area (Å²) in [5.74, 6) is -1.70. The van der Waals surface area contributed by atoms with Crippen LogP contribution in [0.4, 0.5) is 8.78 Å². The van der Waals surface area contributed by atoms with E-state index in [9.17, 15) is 18.1 Å². The van der Waals surface area contributed by atoms with Crippen LogP contribution in [0, 0.1) is 5.92 Å². The molecule has 0 radical (unpaired) electrons. The smallest absolute Gasteiger partial charge is 0.399 e. The monoisotopic (exact) mass is 318 g/mol. The summed E-state index contributed by atoms with van der Waals surface area (Å²) in [4.78, 5) is 10.6. The predicted molar refractivity (Wildman–Crippen MR) is 67.6 cm³/mol. The molecular formula is C11H21F2O6P. The highest BCUT2D eigenvalue weighted by Gasteiger charge is 2.54.